The second-order valence-corrected chi connectivity index (χ2v) is 5.56. The number of nitrogens with zero attached hydrogens (tertiary/aromatic N) is 1. The Hall–Kier alpha value is -0.910. The monoisotopic (exact) mass is 267 g/mol. The van der Waals surface area contributed by atoms with Crippen molar-refractivity contribution >= 4 is 17.2 Å². The lowest BCUT2D eigenvalue weighted by atomic mass is 9.97. The molecule has 3 rings (SSSR count). The van der Waals surface area contributed by atoms with E-state index in [-0.39, 0.29) is 12.2 Å². The van der Waals surface area contributed by atoms with Gasteiger partial charge in [-0.3, -0.25) is 4.79 Å². The summed E-state index contributed by atoms with van der Waals surface area (Å²) >= 11 is 1.56. The van der Waals surface area contributed by atoms with E-state index in [0.717, 1.165) is 31.5 Å². The zero-order valence-corrected chi connectivity index (χ0v) is 11.0. The van der Waals surface area contributed by atoms with Crippen LogP contribution >= 0.6 is 11.3 Å². The Morgan fingerprint density at radius 2 is 2.22 bits per heavy atom. The standard InChI is InChI=1S/C13H17NO3S/c15-12(11-3-7-18-9-11)14-4-1-2-10(8-14)13-16-5-6-17-13/h3,7,9-10,13H,1-2,4-6,8H2. The summed E-state index contributed by atoms with van der Waals surface area (Å²) in [5.74, 6) is 0.461. The molecule has 2 fully saturated rings. The number of ether oxygens (including phenoxy) is 2. The number of amides is 1. The maximum absolute atomic E-state index is 12.3. The molecule has 1 unspecified atom stereocenters. The minimum absolute atomic E-state index is 0.108. The minimum Gasteiger partial charge on any atom is -0.350 e. The number of piperidine rings is 1. The van der Waals surface area contributed by atoms with E-state index in [4.69, 9.17) is 9.47 Å². The maximum Gasteiger partial charge on any atom is 0.254 e. The molecule has 2 aliphatic rings. The van der Waals surface area contributed by atoms with Crippen LogP contribution in [0.3, 0.4) is 0 Å². The van der Waals surface area contributed by atoms with Crippen LogP contribution in [0.4, 0.5) is 0 Å². The molecule has 0 bridgehead atoms. The van der Waals surface area contributed by atoms with E-state index < -0.39 is 0 Å². The lowest BCUT2D eigenvalue weighted by Gasteiger charge is -2.34. The van der Waals surface area contributed by atoms with E-state index in [9.17, 15) is 4.79 Å². The van der Waals surface area contributed by atoms with Crippen LogP contribution in [0.2, 0.25) is 0 Å². The van der Waals surface area contributed by atoms with E-state index in [1.165, 1.54) is 0 Å². The van der Waals surface area contributed by atoms with Gasteiger partial charge in [-0.2, -0.15) is 11.3 Å². The first-order chi connectivity index (χ1) is 8.84. The first-order valence-corrected chi connectivity index (χ1v) is 7.33. The molecule has 0 saturated carbocycles. The van der Waals surface area contributed by atoms with Gasteiger partial charge in [0.1, 0.15) is 0 Å². The summed E-state index contributed by atoms with van der Waals surface area (Å²) in [6.45, 7) is 2.95. The van der Waals surface area contributed by atoms with Gasteiger partial charge in [-0.15, -0.1) is 0 Å². The van der Waals surface area contributed by atoms with E-state index in [0.29, 0.717) is 19.1 Å². The Morgan fingerprint density at radius 1 is 1.39 bits per heavy atom. The largest absolute Gasteiger partial charge is 0.350 e. The van der Waals surface area contributed by atoms with Gasteiger partial charge in [0, 0.05) is 24.4 Å². The maximum atomic E-state index is 12.3. The van der Waals surface area contributed by atoms with E-state index in [2.05, 4.69) is 0 Å². The second-order valence-electron chi connectivity index (χ2n) is 4.78. The molecule has 1 aromatic rings. The van der Waals surface area contributed by atoms with Gasteiger partial charge in [-0.25, -0.2) is 0 Å². The number of hydrogen-bond acceptors (Lipinski definition) is 4. The van der Waals surface area contributed by atoms with Crippen LogP contribution in [-0.2, 0) is 9.47 Å². The smallest absolute Gasteiger partial charge is 0.254 e. The Kier molecular flexibility index (Phi) is 3.63. The van der Waals surface area contributed by atoms with Crippen molar-refractivity contribution in [3.8, 4) is 0 Å². The summed E-state index contributed by atoms with van der Waals surface area (Å²) in [6.07, 6.45) is 2.00. The zero-order chi connectivity index (χ0) is 12.4. The van der Waals surface area contributed by atoms with Crippen molar-refractivity contribution in [2.24, 2.45) is 5.92 Å². The number of carbonyl (C=O) groups excluding carboxylic acids is 1. The lowest BCUT2D eigenvalue weighted by molar-refractivity contribution is -0.0969. The van der Waals surface area contributed by atoms with Crippen molar-refractivity contribution in [1.82, 2.24) is 4.90 Å². The number of likely N-dealkylation sites (tertiary alicyclic amines) is 1. The molecule has 0 aliphatic carbocycles. The van der Waals surface area contributed by atoms with E-state index in [1.54, 1.807) is 11.3 Å². The van der Waals surface area contributed by atoms with Crippen LogP contribution in [0, 0.1) is 5.92 Å². The normalized spacial score (nSPS) is 25.6. The predicted molar refractivity (Wildman–Crippen MR) is 68.6 cm³/mol. The SMILES string of the molecule is O=C(c1ccsc1)N1CCCC(C2OCCO2)C1. The highest BCUT2D eigenvalue weighted by Gasteiger charge is 2.32. The van der Waals surface area contributed by atoms with Crippen LogP contribution < -0.4 is 0 Å². The number of carbonyl (C=O) groups is 1. The molecular weight excluding hydrogens is 250 g/mol. The molecule has 5 heteroatoms. The average molecular weight is 267 g/mol. The van der Waals surface area contributed by atoms with Crippen LogP contribution in [0.1, 0.15) is 23.2 Å². The highest BCUT2D eigenvalue weighted by atomic mass is 32.1. The quantitative estimate of drug-likeness (QED) is 0.822. The van der Waals surface area contributed by atoms with Gasteiger partial charge in [0.05, 0.1) is 18.8 Å². The van der Waals surface area contributed by atoms with Gasteiger partial charge in [-0.05, 0) is 24.3 Å². The Labute approximate surface area is 110 Å². The Bertz CT molecular complexity index is 400. The van der Waals surface area contributed by atoms with Crippen LogP contribution in [0.15, 0.2) is 16.8 Å². The van der Waals surface area contributed by atoms with Crippen molar-refractivity contribution in [3.63, 3.8) is 0 Å². The van der Waals surface area contributed by atoms with Crippen molar-refractivity contribution < 1.29 is 14.3 Å². The van der Waals surface area contributed by atoms with Crippen molar-refractivity contribution in [1.29, 1.82) is 0 Å². The van der Waals surface area contributed by atoms with Gasteiger partial charge in [0.2, 0.25) is 0 Å². The fourth-order valence-corrected chi connectivity index (χ4v) is 3.26. The van der Waals surface area contributed by atoms with Crippen molar-refractivity contribution in [2.45, 2.75) is 19.1 Å². The third-order valence-electron chi connectivity index (χ3n) is 3.55. The molecule has 2 saturated heterocycles. The molecule has 1 atom stereocenters. The molecule has 3 heterocycles. The predicted octanol–water partition coefficient (Wildman–Crippen LogP) is 1.97. The molecule has 1 aromatic heterocycles. The lowest BCUT2D eigenvalue weighted by Crippen LogP contribution is -2.43. The van der Waals surface area contributed by atoms with Gasteiger partial charge in [0.25, 0.3) is 5.91 Å². The number of thiophene rings is 1. The topological polar surface area (TPSA) is 38.8 Å². The molecule has 0 N–H and O–H groups in total. The summed E-state index contributed by atoms with van der Waals surface area (Å²) in [4.78, 5) is 14.2. The van der Waals surface area contributed by atoms with Crippen LogP contribution in [0.5, 0.6) is 0 Å². The molecule has 0 spiro atoms. The average Bonchev–Trinajstić information content (AvgIpc) is 3.11. The van der Waals surface area contributed by atoms with Gasteiger partial charge >= 0.3 is 0 Å². The summed E-state index contributed by atoms with van der Waals surface area (Å²) in [6, 6.07) is 1.89. The van der Waals surface area contributed by atoms with Gasteiger partial charge < -0.3 is 14.4 Å². The van der Waals surface area contributed by atoms with Crippen molar-refractivity contribution in [2.75, 3.05) is 26.3 Å². The number of hydrogen-bond donors (Lipinski definition) is 0. The molecular formula is C13H17NO3S. The summed E-state index contributed by atoms with van der Waals surface area (Å²) < 4.78 is 11.1. The van der Waals surface area contributed by atoms with E-state index in [1.807, 2.05) is 21.7 Å². The van der Waals surface area contributed by atoms with Crippen LogP contribution in [0.25, 0.3) is 0 Å². The second kappa shape index (κ2) is 5.38. The number of rotatable bonds is 2. The molecule has 0 radical (unpaired) electrons. The fourth-order valence-electron chi connectivity index (χ4n) is 2.63. The van der Waals surface area contributed by atoms with E-state index >= 15 is 0 Å². The molecule has 98 valence electrons. The molecule has 1 amide bonds. The molecule has 4 nitrogen and oxygen atoms in total. The fraction of sp³-hybridized carbons (Fsp3) is 0.615. The zero-order valence-electron chi connectivity index (χ0n) is 10.2. The summed E-state index contributed by atoms with van der Waals surface area (Å²) in [5.41, 5.74) is 0.800. The highest BCUT2D eigenvalue weighted by Crippen LogP contribution is 2.26. The third kappa shape index (κ3) is 2.43. The third-order valence-corrected chi connectivity index (χ3v) is 4.23. The molecule has 2 aliphatic heterocycles. The summed E-state index contributed by atoms with van der Waals surface area (Å²) in [7, 11) is 0. The minimum atomic E-state index is -0.108. The van der Waals surface area contributed by atoms with Crippen LogP contribution in [-0.4, -0.2) is 43.4 Å². The Balaban J connectivity index is 1.64. The molecule has 18 heavy (non-hydrogen) atoms. The summed E-state index contributed by atoms with van der Waals surface area (Å²) in [5, 5.41) is 3.85. The van der Waals surface area contributed by atoms with Gasteiger partial charge in [0.15, 0.2) is 6.29 Å². The molecule has 0 aromatic carbocycles. The highest BCUT2D eigenvalue weighted by molar-refractivity contribution is 7.08. The first-order valence-electron chi connectivity index (χ1n) is 6.39. The van der Waals surface area contributed by atoms with Gasteiger partial charge in [-0.1, -0.05) is 0 Å². The Morgan fingerprint density at radius 3 is 2.94 bits per heavy atom. The first kappa shape index (κ1) is 12.1. The van der Waals surface area contributed by atoms with Crippen molar-refractivity contribution in [3.05, 3.63) is 22.4 Å².